The first-order valence-corrected chi connectivity index (χ1v) is 6.85. The zero-order valence-corrected chi connectivity index (χ0v) is 12.0. The molecule has 2 heterocycles. The minimum atomic E-state index is -0.845. The summed E-state index contributed by atoms with van der Waals surface area (Å²) in [6, 6.07) is 3.88. The standard InChI is InChI=1S/C14H18N2OS/c1-9(2)11-12(14(3,4)17)18-13(16-11)10-5-7-15-8-6-10/h5-9,17H,1-4H3. The topological polar surface area (TPSA) is 46.0 Å². The number of hydrogen-bond donors (Lipinski definition) is 1. The fourth-order valence-electron chi connectivity index (χ4n) is 1.78. The Bertz CT molecular complexity index is 526. The van der Waals surface area contributed by atoms with Crippen LogP contribution < -0.4 is 0 Å². The van der Waals surface area contributed by atoms with Gasteiger partial charge in [-0.05, 0) is 31.9 Å². The van der Waals surface area contributed by atoms with Gasteiger partial charge < -0.3 is 5.11 Å². The van der Waals surface area contributed by atoms with Gasteiger partial charge in [0.15, 0.2) is 0 Å². The van der Waals surface area contributed by atoms with Gasteiger partial charge in [-0.3, -0.25) is 4.98 Å². The molecule has 0 aliphatic heterocycles. The Morgan fingerprint density at radius 2 is 1.83 bits per heavy atom. The van der Waals surface area contributed by atoms with Gasteiger partial charge >= 0.3 is 0 Å². The molecule has 0 saturated carbocycles. The number of aromatic nitrogens is 2. The maximum absolute atomic E-state index is 10.2. The maximum atomic E-state index is 10.2. The van der Waals surface area contributed by atoms with Gasteiger partial charge in [0.1, 0.15) is 5.01 Å². The molecule has 0 radical (unpaired) electrons. The van der Waals surface area contributed by atoms with Crippen molar-refractivity contribution in [2.45, 2.75) is 39.2 Å². The van der Waals surface area contributed by atoms with Gasteiger partial charge in [0.05, 0.1) is 16.2 Å². The molecule has 0 fully saturated rings. The van der Waals surface area contributed by atoms with Crippen molar-refractivity contribution in [2.24, 2.45) is 0 Å². The Morgan fingerprint density at radius 1 is 1.22 bits per heavy atom. The number of rotatable bonds is 3. The molecule has 2 aromatic heterocycles. The normalized spacial score (nSPS) is 12.1. The Labute approximate surface area is 112 Å². The Hall–Kier alpha value is -1.26. The van der Waals surface area contributed by atoms with Crippen LogP contribution in [-0.4, -0.2) is 15.1 Å². The molecule has 18 heavy (non-hydrogen) atoms. The van der Waals surface area contributed by atoms with E-state index in [2.05, 4.69) is 23.8 Å². The largest absolute Gasteiger partial charge is 0.385 e. The molecule has 2 aromatic rings. The number of hydrogen-bond acceptors (Lipinski definition) is 4. The van der Waals surface area contributed by atoms with Crippen molar-refractivity contribution < 1.29 is 5.11 Å². The van der Waals surface area contributed by atoms with Crippen LogP contribution >= 0.6 is 11.3 Å². The minimum absolute atomic E-state index is 0.304. The summed E-state index contributed by atoms with van der Waals surface area (Å²) in [7, 11) is 0. The smallest absolute Gasteiger partial charge is 0.124 e. The third-order valence-electron chi connectivity index (χ3n) is 2.68. The number of pyridine rings is 1. The quantitative estimate of drug-likeness (QED) is 0.920. The lowest BCUT2D eigenvalue weighted by Crippen LogP contribution is -2.16. The summed E-state index contributed by atoms with van der Waals surface area (Å²) in [5.41, 5.74) is 1.19. The number of thiazole rings is 1. The molecular weight excluding hydrogens is 244 g/mol. The van der Waals surface area contributed by atoms with Crippen molar-refractivity contribution in [2.75, 3.05) is 0 Å². The summed E-state index contributed by atoms with van der Waals surface area (Å²) in [6.45, 7) is 7.81. The molecule has 0 amide bonds. The van der Waals surface area contributed by atoms with E-state index >= 15 is 0 Å². The molecule has 0 aromatic carbocycles. The predicted molar refractivity (Wildman–Crippen MR) is 74.7 cm³/mol. The van der Waals surface area contributed by atoms with Crippen molar-refractivity contribution in [1.82, 2.24) is 9.97 Å². The van der Waals surface area contributed by atoms with Gasteiger partial charge in [-0.25, -0.2) is 4.98 Å². The first-order valence-electron chi connectivity index (χ1n) is 6.03. The van der Waals surface area contributed by atoms with Gasteiger partial charge in [0.2, 0.25) is 0 Å². The van der Waals surface area contributed by atoms with Gasteiger partial charge in [-0.1, -0.05) is 13.8 Å². The van der Waals surface area contributed by atoms with Crippen LogP contribution in [0.25, 0.3) is 10.6 Å². The van der Waals surface area contributed by atoms with Crippen LogP contribution in [0.15, 0.2) is 24.5 Å². The van der Waals surface area contributed by atoms with Crippen molar-refractivity contribution >= 4 is 11.3 Å². The summed E-state index contributed by atoms with van der Waals surface area (Å²) in [5.74, 6) is 0.304. The summed E-state index contributed by atoms with van der Waals surface area (Å²) in [5, 5.41) is 11.2. The van der Waals surface area contributed by atoms with E-state index in [1.165, 1.54) is 0 Å². The predicted octanol–water partition coefficient (Wildman–Crippen LogP) is 3.56. The van der Waals surface area contributed by atoms with Crippen LogP contribution in [0.4, 0.5) is 0 Å². The van der Waals surface area contributed by atoms with E-state index in [-0.39, 0.29) is 0 Å². The Balaban J connectivity index is 2.53. The molecule has 0 aliphatic rings. The van der Waals surface area contributed by atoms with Crippen molar-refractivity contribution in [3.05, 3.63) is 35.1 Å². The van der Waals surface area contributed by atoms with Crippen LogP contribution in [0, 0.1) is 0 Å². The third kappa shape index (κ3) is 2.60. The monoisotopic (exact) mass is 262 g/mol. The molecule has 0 bridgehead atoms. The average molecular weight is 262 g/mol. The highest BCUT2D eigenvalue weighted by molar-refractivity contribution is 7.15. The first-order chi connectivity index (χ1) is 8.39. The van der Waals surface area contributed by atoms with Crippen LogP contribution in [-0.2, 0) is 5.60 Å². The van der Waals surface area contributed by atoms with E-state index in [1.807, 2.05) is 26.0 Å². The second kappa shape index (κ2) is 4.78. The highest BCUT2D eigenvalue weighted by atomic mass is 32.1. The summed E-state index contributed by atoms with van der Waals surface area (Å²) in [4.78, 5) is 9.64. The van der Waals surface area contributed by atoms with Crippen LogP contribution in [0.5, 0.6) is 0 Å². The van der Waals surface area contributed by atoms with Gasteiger partial charge in [0, 0.05) is 18.0 Å². The van der Waals surface area contributed by atoms with E-state index in [0.29, 0.717) is 5.92 Å². The zero-order valence-electron chi connectivity index (χ0n) is 11.1. The summed E-state index contributed by atoms with van der Waals surface area (Å²) in [6.07, 6.45) is 3.52. The molecule has 2 rings (SSSR count). The van der Waals surface area contributed by atoms with E-state index < -0.39 is 5.60 Å². The molecule has 0 atom stereocenters. The third-order valence-corrected chi connectivity index (χ3v) is 4.12. The molecule has 4 heteroatoms. The lowest BCUT2D eigenvalue weighted by Gasteiger charge is -2.17. The Kier molecular flexibility index (Phi) is 3.50. The van der Waals surface area contributed by atoms with Crippen LogP contribution in [0.1, 0.15) is 44.2 Å². The van der Waals surface area contributed by atoms with Gasteiger partial charge in [-0.15, -0.1) is 11.3 Å². The molecule has 0 unspecified atom stereocenters. The summed E-state index contributed by atoms with van der Waals surface area (Å²) >= 11 is 1.56. The highest BCUT2D eigenvalue weighted by Gasteiger charge is 2.26. The molecular formula is C14H18N2OS. The van der Waals surface area contributed by atoms with Gasteiger partial charge in [0.25, 0.3) is 0 Å². The average Bonchev–Trinajstić information content (AvgIpc) is 2.74. The molecule has 0 saturated heterocycles. The summed E-state index contributed by atoms with van der Waals surface area (Å²) < 4.78 is 0. The second-order valence-corrected chi connectivity index (χ2v) is 6.18. The molecule has 0 aliphatic carbocycles. The fourth-order valence-corrected chi connectivity index (χ4v) is 3.01. The van der Waals surface area contributed by atoms with Crippen molar-refractivity contribution in [1.29, 1.82) is 0 Å². The van der Waals surface area contributed by atoms with Crippen LogP contribution in [0.3, 0.4) is 0 Å². The first kappa shape index (κ1) is 13.2. The van der Waals surface area contributed by atoms with E-state index in [0.717, 1.165) is 21.1 Å². The van der Waals surface area contributed by atoms with Crippen molar-refractivity contribution in [3.63, 3.8) is 0 Å². The fraction of sp³-hybridized carbons (Fsp3) is 0.429. The molecule has 3 nitrogen and oxygen atoms in total. The maximum Gasteiger partial charge on any atom is 0.124 e. The zero-order chi connectivity index (χ0) is 13.3. The lowest BCUT2D eigenvalue weighted by molar-refractivity contribution is 0.0811. The van der Waals surface area contributed by atoms with E-state index in [1.54, 1.807) is 23.7 Å². The number of aliphatic hydroxyl groups is 1. The second-order valence-electron chi connectivity index (χ2n) is 5.18. The highest BCUT2D eigenvalue weighted by Crippen LogP contribution is 2.37. The van der Waals surface area contributed by atoms with Crippen molar-refractivity contribution in [3.8, 4) is 10.6 Å². The van der Waals surface area contributed by atoms with Crippen LogP contribution in [0.2, 0.25) is 0 Å². The lowest BCUT2D eigenvalue weighted by atomic mass is 10.0. The molecule has 1 N–H and O–H groups in total. The number of nitrogens with zero attached hydrogens (tertiary/aromatic N) is 2. The minimum Gasteiger partial charge on any atom is -0.385 e. The molecule has 96 valence electrons. The SMILES string of the molecule is CC(C)c1nc(-c2ccncc2)sc1C(C)(C)O. The molecule has 0 spiro atoms. The van der Waals surface area contributed by atoms with Gasteiger partial charge in [-0.2, -0.15) is 0 Å². The Morgan fingerprint density at radius 3 is 2.28 bits per heavy atom. The van der Waals surface area contributed by atoms with E-state index in [9.17, 15) is 5.11 Å². The van der Waals surface area contributed by atoms with E-state index in [4.69, 9.17) is 0 Å².